The molecule has 3 nitrogen and oxygen atoms in total. The molecule has 1 aliphatic heterocycles. The van der Waals surface area contributed by atoms with Crippen LogP contribution in [-0.2, 0) is 0 Å². The van der Waals surface area contributed by atoms with Gasteiger partial charge < -0.3 is 15.3 Å². The first-order chi connectivity index (χ1) is 10.3. The topological polar surface area (TPSA) is 35.5 Å². The Morgan fingerprint density at radius 3 is 2.57 bits per heavy atom. The molecule has 1 heterocycles. The lowest BCUT2D eigenvalue weighted by Gasteiger charge is -2.34. The SMILES string of the molecule is CCCC(O)c1cccc2c1Nc1ccccc1N2CC. The Morgan fingerprint density at radius 1 is 1.05 bits per heavy atom. The van der Waals surface area contributed by atoms with Crippen LogP contribution in [0.15, 0.2) is 42.5 Å². The molecule has 1 unspecified atom stereocenters. The molecule has 3 heteroatoms. The van der Waals surface area contributed by atoms with Gasteiger partial charge in [0.1, 0.15) is 0 Å². The molecule has 0 aromatic heterocycles. The molecule has 0 amide bonds. The zero-order valence-electron chi connectivity index (χ0n) is 12.6. The Bertz CT molecular complexity index is 639. The Hall–Kier alpha value is -2.00. The standard InChI is InChI=1S/C18H22N2O/c1-3-8-17(21)13-9-7-12-16-18(13)19-14-10-5-6-11-15(14)20(16)4-2/h5-7,9-12,17,19,21H,3-4,8H2,1-2H3. The summed E-state index contributed by atoms with van der Waals surface area (Å²) < 4.78 is 0. The molecule has 0 bridgehead atoms. The van der Waals surface area contributed by atoms with Gasteiger partial charge in [-0.15, -0.1) is 0 Å². The van der Waals surface area contributed by atoms with Crippen molar-refractivity contribution in [2.45, 2.75) is 32.8 Å². The van der Waals surface area contributed by atoms with Crippen molar-refractivity contribution in [1.29, 1.82) is 0 Å². The molecule has 3 rings (SSSR count). The molecule has 0 saturated carbocycles. The third kappa shape index (κ3) is 2.38. The first-order valence-corrected chi connectivity index (χ1v) is 7.70. The van der Waals surface area contributed by atoms with E-state index in [0.29, 0.717) is 0 Å². The van der Waals surface area contributed by atoms with E-state index in [1.807, 2.05) is 18.2 Å². The normalized spacial score (nSPS) is 14.1. The largest absolute Gasteiger partial charge is 0.388 e. The molecule has 0 aliphatic carbocycles. The zero-order chi connectivity index (χ0) is 14.8. The molecule has 0 saturated heterocycles. The fourth-order valence-corrected chi connectivity index (χ4v) is 3.05. The number of hydrogen-bond donors (Lipinski definition) is 2. The molecular weight excluding hydrogens is 260 g/mol. The summed E-state index contributed by atoms with van der Waals surface area (Å²) in [5.74, 6) is 0. The van der Waals surface area contributed by atoms with E-state index in [0.717, 1.165) is 42.0 Å². The van der Waals surface area contributed by atoms with Gasteiger partial charge in [0.15, 0.2) is 0 Å². The number of aliphatic hydroxyl groups excluding tert-OH is 1. The van der Waals surface area contributed by atoms with Gasteiger partial charge in [0.2, 0.25) is 0 Å². The maximum absolute atomic E-state index is 10.4. The molecule has 2 aromatic rings. The van der Waals surface area contributed by atoms with E-state index in [4.69, 9.17) is 0 Å². The molecule has 110 valence electrons. The van der Waals surface area contributed by atoms with E-state index >= 15 is 0 Å². The second-order valence-electron chi connectivity index (χ2n) is 5.43. The number of aliphatic hydroxyl groups is 1. The number of rotatable bonds is 4. The first-order valence-electron chi connectivity index (χ1n) is 7.70. The van der Waals surface area contributed by atoms with Gasteiger partial charge in [0, 0.05) is 12.1 Å². The zero-order valence-corrected chi connectivity index (χ0v) is 12.6. The number of para-hydroxylation sites is 3. The highest BCUT2D eigenvalue weighted by Crippen LogP contribution is 2.46. The van der Waals surface area contributed by atoms with Crippen LogP contribution in [0.5, 0.6) is 0 Å². The van der Waals surface area contributed by atoms with E-state index in [-0.39, 0.29) is 0 Å². The van der Waals surface area contributed by atoms with Crippen molar-refractivity contribution in [1.82, 2.24) is 0 Å². The smallest absolute Gasteiger partial charge is 0.0810 e. The highest BCUT2D eigenvalue weighted by molar-refractivity contribution is 5.93. The van der Waals surface area contributed by atoms with Gasteiger partial charge in [0.25, 0.3) is 0 Å². The number of nitrogens with one attached hydrogen (secondary N) is 1. The lowest BCUT2D eigenvalue weighted by Crippen LogP contribution is -2.23. The molecule has 0 fully saturated rings. The van der Waals surface area contributed by atoms with Gasteiger partial charge in [0.05, 0.1) is 28.9 Å². The Kier molecular flexibility index (Phi) is 3.84. The van der Waals surface area contributed by atoms with Crippen molar-refractivity contribution in [2.75, 3.05) is 16.8 Å². The molecule has 0 radical (unpaired) electrons. The van der Waals surface area contributed by atoms with Crippen LogP contribution in [0.3, 0.4) is 0 Å². The molecule has 2 N–H and O–H groups in total. The second-order valence-corrected chi connectivity index (χ2v) is 5.43. The average molecular weight is 282 g/mol. The van der Waals surface area contributed by atoms with E-state index < -0.39 is 6.10 Å². The lowest BCUT2D eigenvalue weighted by molar-refractivity contribution is 0.167. The Balaban J connectivity index is 2.10. The quantitative estimate of drug-likeness (QED) is 0.850. The van der Waals surface area contributed by atoms with Gasteiger partial charge in [-0.2, -0.15) is 0 Å². The Morgan fingerprint density at radius 2 is 1.81 bits per heavy atom. The predicted molar refractivity (Wildman–Crippen MR) is 88.7 cm³/mol. The van der Waals surface area contributed by atoms with Crippen molar-refractivity contribution in [3.05, 3.63) is 48.0 Å². The predicted octanol–water partition coefficient (Wildman–Crippen LogP) is 4.74. The van der Waals surface area contributed by atoms with Gasteiger partial charge in [-0.1, -0.05) is 37.6 Å². The van der Waals surface area contributed by atoms with Gasteiger partial charge in [-0.3, -0.25) is 0 Å². The number of benzene rings is 2. The minimum atomic E-state index is -0.415. The number of nitrogens with zero attached hydrogens (tertiary/aromatic N) is 1. The highest BCUT2D eigenvalue weighted by atomic mass is 16.3. The third-order valence-corrected chi connectivity index (χ3v) is 4.06. The van der Waals surface area contributed by atoms with Crippen molar-refractivity contribution < 1.29 is 5.11 Å². The van der Waals surface area contributed by atoms with Crippen molar-refractivity contribution in [3.8, 4) is 0 Å². The van der Waals surface area contributed by atoms with Crippen LogP contribution in [0.25, 0.3) is 0 Å². The maximum atomic E-state index is 10.4. The average Bonchev–Trinajstić information content (AvgIpc) is 2.52. The molecule has 1 aliphatic rings. The molecule has 21 heavy (non-hydrogen) atoms. The van der Waals surface area contributed by atoms with Crippen LogP contribution in [-0.4, -0.2) is 11.7 Å². The van der Waals surface area contributed by atoms with E-state index in [2.05, 4.69) is 48.3 Å². The third-order valence-electron chi connectivity index (χ3n) is 4.06. The van der Waals surface area contributed by atoms with Crippen molar-refractivity contribution in [2.24, 2.45) is 0 Å². The Labute approximate surface area is 126 Å². The summed E-state index contributed by atoms with van der Waals surface area (Å²) in [6.45, 7) is 5.15. The summed E-state index contributed by atoms with van der Waals surface area (Å²) in [6, 6.07) is 14.5. The molecule has 2 aromatic carbocycles. The fraction of sp³-hybridized carbons (Fsp3) is 0.333. The summed E-state index contributed by atoms with van der Waals surface area (Å²) in [5.41, 5.74) is 5.46. The van der Waals surface area contributed by atoms with Crippen LogP contribution >= 0.6 is 0 Å². The van der Waals surface area contributed by atoms with E-state index in [1.54, 1.807) is 0 Å². The van der Waals surface area contributed by atoms with Crippen molar-refractivity contribution in [3.63, 3.8) is 0 Å². The fourth-order valence-electron chi connectivity index (χ4n) is 3.05. The number of anilines is 4. The monoisotopic (exact) mass is 282 g/mol. The maximum Gasteiger partial charge on any atom is 0.0810 e. The lowest BCUT2D eigenvalue weighted by atomic mass is 9.99. The molecule has 0 spiro atoms. The van der Waals surface area contributed by atoms with Gasteiger partial charge >= 0.3 is 0 Å². The molecular formula is C18H22N2O. The minimum absolute atomic E-state index is 0.415. The van der Waals surface area contributed by atoms with Crippen molar-refractivity contribution >= 4 is 22.7 Å². The van der Waals surface area contributed by atoms with Crippen LogP contribution in [0, 0.1) is 0 Å². The van der Waals surface area contributed by atoms with E-state index in [9.17, 15) is 5.11 Å². The minimum Gasteiger partial charge on any atom is -0.388 e. The van der Waals surface area contributed by atoms with Gasteiger partial charge in [-0.25, -0.2) is 0 Å². The summed E-state index contributed by atoms with van der Waals surface area (Å²) in [6.07, 6.45) is 1.34. The summed E-state index contributed by atoms with van der Waals surface area (Å²) in [7, 11) is 0. The van der Waals surface area contributed by atoms with Crippen LogP contribution < -0.4 is 10.2 Å². The number of fused-ring (bicyclic) bond motifs is 2. The summed E-state index contributed by atoms with van der Waals surface area (Å²) in [5, 5.41) is 13.9. The first kappa shape index (κ1) is 14.0. The second kappa shape index (κ2) is 5.78. The van der Waals surface area contributed by atoms with Crippen LogP contribution in [0.2, 0.25) is 0 Å². The van der Waals surface area contributed by atoms with Crippen LogP contribution in [0.4, 0.5) is 22.7 Å². The van der Waals surface area contributed by atoms with Crippen LogP contribution in [0.1, 0.15) is 38.4 Å². The summed E-state index contributed by atoms with van der Waals surface area (Å²) >= 11 is 0. The highest BCUT2D eigenvalue weighted by Gasteiger charge is 2.24. The summed E-state index contributed by atoms with van der Waals surface area (Å²) in [4.78, 5) is 2.29. The van der Waals surface area contributed by atoms with Gasteiger partial charge in [-0.05, 0) is 31.5 Å². The number of hydrogen-bond acceptors (Lipinski definition) is 3. The van der Waals surface area contributed by atoms with E-state index in [1.165, 1.54) is 5.69 Å². The molecule has 1 atom stereocenters.